The van der Waals surface area contributed by atoms with Crippen LogP contribution in [0, 0.1) is 5.92 Å². The van der Waals surface area contributed by atoms with Gasteiger partial charge in [0.15, 0.2) is 0 Å². The van der Waals surface area contributed by atoms with E-state index in [0.717, 1.165) is 0 Å². The summed E-state index contributed by atoms with van der Waals surface area (Å²) < 4.78 is 0. The second-order valence-electron chi connectivity index (χ2n) is 7.13. The van der Waals surface area contributed by atoms with Crippen molar-refractivity contribution in [3.8, 4) is 0 Å². The molecule has 0 fully saturated rings. The average molecular weight is 417 g/mol. The third-order valence-electron chi connectivity index (χ3n) is 4.12. The van der Waals surface area contributed by atoms with Crippen molar-refractivity contribution in [1.29, 1.82) is 0 Å². The zero-order chi connectivity index (χ0) is 22.9. The molecule has 0 aliphatic heterocycles. The molecule has 5 unspecified atom stereocenters. The molecule has 0 aromatic rings. The lowest BCUT2D eigenvalue weighted by Gasteiger charge is -2.25. The molecule has 9 N–H and O–H groups in total. The van der Waals surface area contributed by atoms with Gasteiger partial charge in [-0.25, -0.2) is 4.79 Å². The van der Waals surface area contributed by atoms with E-state index in [1.165, 1.54) is 13.8 Å². The third-order valence-corrected chi connectivity index (χ3v) is 4.12. The summed E-state index contributed by atoms with van der Waals surface area (Å²) in [5.41, 5.74) is 10.6. The minimum atomic E-state index is -1.25. The molecule has 0 aliphatic rings. The van der Waals surface area contributed by atoms with E-state index in [1.54, 1.807) is 13.8 Å². The number of carboxylic acid groups (broad SMARTS) is 1. The van der Waals surface area contributed by atoms with Gasteiger partial charge in [-0.2, -0.15) is 0 Å². The van der Waals surface area contributed by atoms with Crippen LogP contribution in [0.1, 0.15) is 40.5 Å². The fourth-order valence-corrected chi connectivity index (χ4v) is 2.21. The lowest BCUT2D eigenvalue weighted by molar-refractivity contribution is -0.143. The molecule has 5 atom stereocenters. The molecular formula is C17H31N5O7. The van der Waals surface area contributed by atoms with E-state index in [0.29, 0.717) is 0 Å². The largest absolute Gasteiger partial charge is 0.480 e. The quantitative estimate of drug-likeness (QED) is 0.175. The molecule has 0 radical (unpaired) electrons. The minimum Gasteiger partial charge on any atom is -0.480 e. The maximum absolute atomic E-state index is 12.5. The number of primary amides is 1. The van der Waals surface area contributed by atoms with Crippen molar-refractivity contribution in [3.05, 3.63) is 0 Å². The fourth-order valence-electron chi connectivity index (χ4n) is 2.21. The van der Waals surface area contributed by atoms with Gasteiger partial charge in [0.1, 0.15) is 24.2 Å². The normalized spacial score (nSPS) is 16.1. The van der Waals surface area contributed by atoms with Crippen LogP contribution in [0.4, 0.5) is 0 Å². The van der Waals surface area contributed by atoms with Crippen molar-refractivity contribution < 1.29 is 34.2 Å². The zero-order valence-corrected chi connectivity index (χ0v) is 17.0. The summed E-state index contributed by atoms with van der Waals surface area (Å²) in [6.07, 6.45) is -1.53. The first-order valence-electron chi connectivity index (χ1n) is 9.13. The molecule has 0 spiro atoms. The van der Waals surface area contributed by atoms with Gasteiger partial charge >= 0.3 is 5.97 Å². The van der Waals surface area contributed by atoms with Crippen LogP contribution >= 0.6 is 0 Å². The molecule has 0 rings (SSSR count). The molecule has 0 aromatic carbocycles. The van der Waals surface area contributed by atoms with Gasteiger partial charge in [-0.3, -0.25) is 19.2 Å². The number of carbonyl (C=O) groups is 5. The highest BCUT2D eigenvalue weighted by Gasteiger charge is 2.30. The van der Waals surface area contributed by atoms with Gasteiger partial charge in [-0.15, -0.1) is 0 Å². The molecule has 0 aromatic heterocycles. The Morgan fingerprint density at radius 1 is 0.897 bits per heavy atom. The Bertz CT molecular complexity index is 623. The summed E-state index contributed by atoms with van der Waals surface area (Å²) in [6, 6.07) is -4.81. The number of hydrogen-bond donors (Lipinski definition) is 7. The number of nitrogens with two attached hydrogens (primary N) is 2. The number of aliphatic carboxylic acids is 1. The predicted molar refractivity (Wildman–Crippen MR) is 102 cm³/mol. The van der Waals surface area contributed by atoms with Crippen molar-refractivity contribution in [1.82, 2.24) is 16.0 Å². The number of hydrogen-bond acceptors (Lipinski definition) is 7. The SMILES string of the molecule is CC(NC(=O)C(N)C(C)O)C(=O)NC(CCC(N)=O)C(=O)NC(C(=O)O)C(C)C. The van der Waals surface area contributed by atoms with Crippen molar-refractivity contribution in [3.63, 3.8) is 0 Å². The summed E-state index contributed by atoms with van der Waals surface area (Å²) in [5, 5.41) is 25.5. The van der Waals surface area contributed by atoms with E-state index in [9.17, 15) is 34.2 Å². The third kappa shape index (κ3) is 9.34. The maximum atomic E-state index is 12.5. The molecule has 12 nitrogen and oxygen atoms in total. The lowest BCUT2D eigenvalue weighted by atomic mass is 10.0. The molecule has 0 saturated heterocycles. The standard InChI is InChI=1S/C17H31N5O7/c1-7(2)13(17(28)29)22-15(26)10(5-6-11(18)24)21-14(25)8(3)20-16(27)12(19)9(4)23/h7-10,12-13,23H,5-6,19H2,1-4H3,(H2,18,24)(H,20,27)(H,21,25)(H,22,26)(H,28,29). The second-order valence-corrected chi connectivity index (χ2v) is 7.13. The van der Waals surface area contributed by atoms with E-state index in [4.69, 9.17) is 11.5 Å². The van der Waals surface area contributed by atoms with Gasteiger partial charge < -0.3 is 37.6 Å². The van der Waals surface area contributed by atoms with Crippen molar-refractivity contribution in [2.45, 2.75) is 70.8 Å². The molecule has 0 saturated carbocycles. The van der Waals surface area contributed by atoms with Gasteiger partial charge in [0, 0.05) is 6.42 Å². The van der Waals surface area contributed by atoms with Crippen LogP contribution in [-0.4, -0.2) is 70.1 Å². The average Bonchev–Trinajstić information content (AvgIpc) is 2.60. The number of carboxylic acids is 1. The number of aliphatic hydroxyl groups excluding tert-OH is 1. The molecule has 29 heavy (non-hydrogen) atoms. The fraction of sp³-hybridized carbons (Fsp3) is 0.706. The van der Waals surface area contributed by atoms with Gasteiger partial charge in [0.05, 0.1) is 6.10 Å². The van der Waals surface area contributed by atoms with Crippen molar-refractivity contribution in [2.75, 3.05) is 0 Å². The molecule has 166 valence electrons. The summed E-state index contributed by atoms with van der Waals surface area (Å²) in [4.78, 5) is 59.0. The van der Waals surface area contributed by atoms with Gasteiger partial charge in [-0.1, -0.05) is 13.8 Å². The van der Waals surface area contributed by atoms with Crippen LogP contribution in [0.2, 0.25) is 0 Å². The Hall–Kier alpha value is -2.73. The maximum Gasteiger partial charge on any atom is 0.326 e. The van der Waals surface area contributed by atoms with E-state index in [-0.39, 0.29) is 12.8 Å². The highest BCUT2D eigenvalue weighted by Crippen LogP contribution is 2.05. The molecule has 12 heteroatoms. The Morgan fingerprint density at radius 2 is 1.45 bits per heavy atom. The second kappa shape index (κ2) is 12.0. The Kier molecular flexibility index (Phi) is 10.8. The molecular weight excluding hydrogens is 386 g/mol. The van der Waals surface area contributed by atoms with Crippen LogP contribution in [0.3, 0.4) is 0 Å². The van der Waals surface area contributed by atoms with E-state index < -0.39 is 65.8 Å². The van der Waals surface area contributed by atoms with E-state index >= 15 is 0 Å². The number of aliphatic hydroxyl groups is 1. The van der Waals surface area contributed by atoms with Crippen LogP contribution in [-0.2, 0) is 24.0 Å². The topological polar surface area (TPSA) is 214 Å². The zero-order valence-electron chi connectivity index (χ0n) is 17.0. The van der Waals surface area contributed by atoms with E-state index in [1.807, 2.05) is 0 Å². The Balaban J connectivity index is 5.19. The number of amides is 4. The molecule has 4 amide bonds. The number of rotatable bonds is 12. The number of carbonyl (C=O) groups excluding carboxylic acids is 4. The van der Waals surface area contributed by atoms with Crippen LogP contribution < -0.4 is 27.4 Å². The first kappa shape index (κ1) is 26.3. The molecule has 0 bridgehead atoms. The van der Waals surface area contributed by atoms with Crippen molar-refractivity contribution in [2.24, 2.45) is 17.4 Å². The molecule has 0 aliphatic carbocycles. The highest BCUT2D eigenvalue weighted by atomic mass is 16.4. The van der Waals surface area contributed by atoms with Gasteiger partial charge in [-0.05, 0) is 26.2 Å². The summed E-state index contributed by atoms with van der Waals surface area (Å²) >= 11 is 0. The van der Waals surface area contributed by atoms with Gasteiger partial charge in [0.25, 0.3) is 0 Å². The Labute approximate surface area is 168 Å². The Morgan fingerprint density at radius 3 is 1.86 bits per heavy atom. The smallest absolute Gasteiger partial charge is 0.326 e. The lowest BCUT2D eigenvalue weighted by Crippen LogP contribution is -2.57. The first-order chi connectivity index (χ1) is 13.3. The van der Waals surface area contributed by atoms with Crippen LogP contribution in [0.25, 0.3) is 0 Å². The minimum absolute atomic E-state index is 0.162. The monoisotopic (exact) mass is 417 g/mol. The van der Waals surface area contributed by atoms with Crippen LogP contribution in [0.15, 0.2) is 0 Å². The van der Waals surface area contributed by atoms with Gasteiger partial charge in [0.2, 0.25) is 23.6 Å². The van der Waals surface area contributed by atoms with Crippen LogP contribution in [0.5, 0.6) is 0 Å². The summed E-state index contributed by atoms with van der Waals surface area (Å²) in [7, 11) is 0. The summed E-state index contributed by atoms with van der Waals surface area (Å²) in [6.45, 7) is 5.84. The highest BCUT2D eigenvalue weighted by molar-refractivity contribution is 5.94. The van der Waals surface area contributed by atoms with E-state index in [2.05, 4.69) is 16.0 Å². The first-order valence-corrected chi connectivity index (χ1v) is 9.13. The summed E-state index contributed by atoms with van der Waals surface area (Å²) in [5.74, 6) is -4.73. The van der Waals surface area contributed by atoms with Crippen molar-refractivity contribution >= 4 is 29.6 Å². The predicted octanol–water partition coefficient (Wildman–Crippen LogP) is -2.83. The molecule has 0 heterocycles. The number of nitrogens with one attached hydrogen (secondary N) is 3.